The topological polar surface area (TPSA) is 55.8 Å². The number of carbonyl (C=O) groups is 1. The van der Waals surface area contributed by atoms with Crippen LogP contribution in [0, 0.1) is 11.6 Å². The minimum Gasteiger partial charge on any atom is -0.387 e. The molecule has 1 aromatic carbocycles. The van der Waals surface area contributed by atoms with E-state index in [0.717, 1.165) is 18.2 Å². The Balaban J connectivity index is 1.80. The summed E-state index contributed by atoms with van der Waals surface area (Å²) in [6.07, 6.45) is -1.07. The fraction of sp³-hybridized carbons (Fsp3) is 0.588. The van der Waals surface area contributed by atoms with E-state index in [1.54, 1.807) is 0 Å². The van der Waals surface area contributed by atoms with Crippen LogP contribution in [-0.2, 0) is 4.79 Å². The van der Waals surface area contributed by atoms with E-state index < -0.39 is 17.7 Å². The standard InChI is InChI=1S/C17H25F2N3O2/c1-12(2)20-17(24)11-22-7-5-21(6-8-22)10-16(23)14-9-13(18)3-4-15(14)19/h3-4,9,12,16,23H,5-8,10-11H2,1-2H3,(H,20,24). The van der Waals surface area contributed by atoms with Crippen molar-refractivity contribution in [1.82, 2.24) is 15.1 Å². The zero-order chi connectivity index (χ0) is 17.7. The predicted octanol–water partition coefficient (Wildman–Crippen LogP) is 1.14. The maximum Gasteiger partial charge on any atom is 0.234 e. The van der Waals surface area contributed by atoms with E-state index >= 15 is 0 Å². The van der Waals surface area contributed by atoms with Gasteiger partial charge < -0.3 is 10.4 Å². The van der Waals surface area contributed by atoms with E-state index in [1.807, 2.05) is 23.6 Å². The first-order valence-corrected chi connectivity index (χ1v) is 8.22. The third-order valence-corrected chi connectivity index (χ3v) is 4.03. The summed E-state index contributed by atoms with van der Waals surface area (Å²) in [4.78, 5) is 15.8. The molecule has 1 atom stereocenters. The van der Waals surface area contributed by atoms with Gasteiger partial charge >= 0.3 is 0 Å². The Labute approximate surface area is 141 Å². The van der Waals surface area contributed by atoms with Gasteiger partial charge in [0.2, 0.25) is 5.91 Å². The van der Waals surface area contributed by atoms with E-state index in [-0.39, 0.29) is 24.1 Å². The van der Waals surface area contributed by atoms with Crippen molar-refractivity contribution in [1.29, 1.82) is 0 Å². The van der Waals surface area contributed by atoms with Gasteiger partial charge in [-0.2, -0.15) is 0 Å². The van der Waals surface area contributed by atoms with Gasteiger partial charge in [0, 0.05) is 44.3 Å². The highest BCUT2D eigenvalue weighted by molar-refractivity contribution is 5.78. The van der Waals surface area contributed by atoms with Crippen molar-refractivity contribution in [3.63, 3.8) is 0 Å². The Morgan fingerprint density at radius 1 is 1.21 bits per heavy atom. The Hall–Kier alpha value is -1.57. The van der Waals surface area contributed by atoms with Gasteiger partial charge in [-0.3, -0.25) is 14.6 Å². The maximum atomic E-state index is 13.7. The molecular formula is C17H25F2N3O2. The largest absolute Gasteiger partial charge is 0.387 e. The molecular weight excluding hydrogens is 316 g/mol. The second-order valence-corrected chi connectivity index (χ2v) is 6.48. The lowest BCUT2D eigenvalue weighted by Crippen LogP contribution is -2.50. The fourth-order valence-corrected chi connectivity index (χ4v) is 2.81. The number of amides is 1. The summed E-state index contributed by atoms with van der Waals surface area (Å²) in [5, 5.41) is 13.0. The second-order valence-electron chi connectivity index (χ2n) is 6.48. The SMILES string of the molecule is CC(C)NC(=O)CN1CCN(CC(O)c2cc(F)ccc2F)CC1. The molecule has 134 valence electrons. The van der Waals surface area contributed by atoms with Crippen LogP contribution in [0.1, 0.15) is 25.5 Å². The molecule has 1 aliphatic rings. The van der Waals surface area contributed by atoms with Crippen LogP contribution < -0.4 is 5.32 Å². The number of β-amino-alcohol motifs (C(OH)–C–C–N with tert-alkyl or cyclic N) is 1. The van der Waals surface area contributed by atoms with Gasteiger partial charge in [0.05, 0.1) is 12.6 Å². The number of nitrogens with one attached hydrogen (secondary N) is 1. The highest BCUT2D eigenvalue weighted by atomic mass is 19.1. The van der Waals surface area contributed by atoms with Crippen molar-refractivity contribution in [3.05, 3.63) is 35.4 Å². The van der Waals surface area contributed by atoms with Crippen molar-refractivity contribution in [2.45, 2.75) is 26.0 Å². The monoisotopic (exact) mass is 341 g/mol. The number of nitrogens with zero attached hydrogens (tertiary/aromatic N) is 2. The molecule has 2 rings (SSSR count). The van der Waals surface area contributed by atoms with Crippen LogP contribution in [0.15, 0.2) is 18.2 Å². The second kappa shape index (κ2) is 8.50. The van der Waals surface area contributed by atoms with E-state index in [2.05, 4.69) is 5.32 Å². The number of hydrogen-bond donors (Lipinski definition) is 2. The molecule has 0 spiro atoms. The van der Waals surface area contributed by atoms with E-state index in [4.69, 9.17) is 0 Å². The summed E-state index contributed by atoms with van der Waals surface area (Å²) in [5.74, 6) is -1.17. The summed E-state index contributed by atoms with van der Waals surface area (Å²) in [7, 11) is 0. The van der Waals surface area contributed by atoms with Crippen LogP contribution in [0.3, 0.4) is 0 Å². The van der Waals surface area contributed by atoms with Crippen LogP contribution in [-0.4, -0.2) is 66.1 Å². The van der Waals surface area contributed by atoms with Gasteiger partial charge in [0.25, 0.3) is 0 Å². The molecule has 1 heterocycles. The predicted molar refractivity (Wildman–Crippen MR) is 87.5 cm³/mol. The first kappa shape index (κ1) is 18.8. The normalized spacial score (nSPS) is 17.9. The highest BCUT2D eigenvalue weighted by Gasteiger charge is 2.23. The molecule has 24 heavy (non-hydrogen) atoms. The lowest BCUT2D eigenvalue weighted by Gasteiger charge is -2.35. The van der Waals surface area contributed by atoms with E-state index in [0.29, 0.717) is 32.7 Å². The van der Waals surface area contributed by atoms with Gasteiger partial charge in [0.15, 0.2) is 0 Å². The molecule has 1 unspecified atom stereocenters. The van der Waals surface area contributed by atoms with Crippen molar-refractivity contribution in [2.24, 2.45) is 0 Å². The minimum absolute atomic E-state index is 0.000293. The van der Waals surface area contributed by atoms with Crippen molar-refractivity contribution in [3.8, 4) is 0 Å². The van der Waals surface area contributed by atoms with Crippen LogP contribution in [0.2, 0.25) is 0 Å². The van der Waals surface area contributed by atoms with Gasteiger partial charge in [0.1, 0.15) is 11.6 Å². The quantitative estimate of drug-likeness (QED) is 0.815. The summed E-state index contributed by atoms with van der Waals surface area (Å²) >= 11 is 0. The average Bonchev–Trinajstić information content (AvgIpc) is 2.50. The molecule has 1 saturated heterocycles. The Kier molecular flexibility index (Phi) is 6.65. The number of benzene rings is 1. The van der Waals surface area contributed by atoms with E-state index in [9.17, 15) is 18.7 Å². The van der Waals surface area contributed by atoms with Gasteiger partial charge in [-0.1, -0.05) is 0 Å². The Morgan fingerprint density at radius 2 is 1.83 bits per heavy atom. The number of carbonyl (C=O) groups excluding carboxylic acids is 1. The summed E-state index contributed by atoms with van der Waals surface area (Å²) < 4.78 is 26.9. The third-order valence-electron chi connectivity index (χ3n) is 4.03. The average molecular weight is 341 g/mol. The number of aliphatic hydroxyl groups excluding tert-OH is 1. The minimum atomic E-state index is -1.07. The van der Waals surface area contributed by atoms with Crippen LogP contribution in [0.4, 0.5) is 8.78 Å². The lowest BCUT2D eigenvalue weighted by atomic mass is 10.1. The first-order chi connectivity index (χ1) is 11.3. The lowest BCUT2D eigenvalue weighted by molar-refractivity contribution is -0.123. The smallest absolute Gasteiger partial charge is 0.234 e. The molecule has 7 heteroatoms. The summed E-state index contributed by atoms with van der Waals surface area (Å²) in [6, 6.07) is 3.22. The molecule has 0 bridgehead atoms. The third kappa shape index (κ3) is 5.51. The number of aliphatic hydroxyl groups is 1. The number of rotatable bonds is 6. The molecule has 1 aromatic rings. The van der Waals surface area contributed by atoms with Crippen molar-refractivity contribution >= 4 is 5.91 Å². The zero-order valence-corrected chi connectivity index (χ0v) is 14.1. The first-order valence-electron chi connectivity index (χ1n) is 8.22. The number of piperazine rings is 1. The van der Waals surface area contributed by atoms with E-state index in [1.165, 1.54) is 0 Å². The molecule has 0 aliphatic carbocycles. The molecule has 0 aromatic heterocycles. The molecule has 0 radical (unpaired) electrons. The van der Waals surface area contributed by atoms with Crippen LogP contribution >= 0.6 is 0 Å². The molecule has 1 amide bonds. The van der Waals surface area contributed by atoms with Gasteiger partial charge in [-0.05, 0) is 32.0 Å². The fourth-order valence-electron chi connectivity index (χ4n) is 2.81. The highest BCUT2D eigenvalue weighted by Crippen LogP contribution is 2.20. The van der Waals surface area contributed by atoms with Crippen LogP contribution in [0.5, 0.6) is 0 Å². The van der Waals surface area contributed by atoms with Gasteiger partial charge in [-0.25, -0.2) is 8.78 Å². The number of hydrogen-bond acceptors (Lipinski definition) is 4. The van der Waals surface area contributed by atoms with Crippen molar-refractivity contribution < 1.29 is 18.7 Å². The zero-order valence-electron chi connectivity index (χ0n) is 14.1. The summed E-state index contributed by atoms with van der Waals surface area (Å²) in [5.41, 5.74) is -0.0197. The van der Waals surface area contributed by atoms with Crippen LogP contribution in [0.25, 0.3) is 0 Å². The maximum absolute atomic E-state index is 13.7. The molecule has 0 saturated carbocycles. The van der Waals surface area contributed by atoms with Gasteiger partial charge in [-0.15, -0.1) is 0 Å². The Morgan fingerprint density at radius 3 is 2.46 bits per heavy atom. The Bertz CT molecular complexity index is 561. The molecule has 1 fully saturated rings. The molecule has 5 nitrogen and oxygen atoms in total. The molecule has 1 aliphatic heterocycles. The molecule has 2 N–H and O–H groups in total. The number of halogens is 2. The summed E-state index contributed by atoms with van der Waals surface area (Å²) in [6.45, 7) is 7.17. The van der Waals surface area contributed by atoms with Crippen molar-refractivity contribution in [2.75, 3.05) is 39.3 Å².